The fourth-order valence-corrected chi connectivity index (χ4v) is 5.02. The van der Waals surface area contributed by atoms with Crippen molar-refractivity contribution >= 4 is 74.0 Å². The van der Waals surface area contributed by atoms with Crippen molar-refractivity contribution in [2.45, 2.75) is 6.61 Å². The number of ether oxygens (including phenoxy) is 2. The van der Waals surface area contributed by atoms with Gasteiger partial charge in [-0.05, 0) is 69.2 Å². The molecule has 7 nitrogen and oxygen atoms in total. The molecule has 0 saturated carbocycles. The lowest BCUT2D eigenvalue weighted by atomic mass is 10.2. The number of hydrogen-bond acceptors (Lipinski definition) is 6. The Kier molecular flexibility index (Phi) is 8.21. The summed E-state index contributed by atoms with van der Waals surface area (Å²) in [5.74, 6) is -0.141. The molecule has 0 bridgehead atoms. The summed E-state index contributed by atoms with van der Waals surface area (Å²) in [5, 5.41) is 0.474. The normalized spacial score (nSPS) is 17.6. The van der Waals surface area contributed by atoms with Crippen molar-refractivity contribution in [2.24, 2.45) is 0 Å². The maximum Gasteiger partial charge on any atom is 0.294 e. The summed E-state index contributed by atoms with van der Waals surface area (Å²) in [5.41, 5.74) is 1.57. The number of carbonyl (C=O) groups is 3. The third kappa shape index (κ3) is 5.95. The molecule has 178 valence electrons. The fourth-order valence-electron chi connectivity index (χ4n) is 3.35. The van der Waals surface area contributed by atoms with Gasteiger partial charge in [-0.3, -0.25) is 19.3 Å². The standard InChI is InChI=1S/C23H19BrCl2N2O5S/c24-16-9-14(2-4-19(16)33-13-15-1-3-17(25)18(26)10-15)11-20-22(30)28(23(31)34-20)12-21(29)27-5-7-32-8-6-27/h1-4,9-11H,5-8,12-13H2/b20-11+. The summed E-state index contributed by atoms with van der Waals surface area (Å²) in [4.78, 5) is 40.4. The predicted octanol–water partition coefficient (Wildman–Crippen LogP) is 5.23. The highest BCUT2D eigenvalue weighted by Gasteiger charge is 2.37. The molecule has 0 spiro atoms. The zero-order valence-corrected chi connectivity index (χ0v) is 21.7. The third-order valence-electron chi connectivity index (χ3n) is 5.16. The molecule has 0 N–H and O–H groups in total. The molecule has 2 aliphatic heterocycles. The Morgan fingerprint density at radius 2 is 1.88 bits per heavy atom. The molecule has 0 unspecified atom stereocenters. The van der Waals surface area contributed by atoms with Gasteiger partial charge in [-0.1, -0.05) is 35.3 Å². The SMILES string of the molecule is O=C(CN1C(=O)S/C(=C/c2ccc(OCc3ccc(Cl)c(Cl)c3)c(Br)c2)C1=O)N1CCOCC1. The van der Waals surface area contributed by atoms with Crippen molar-refractivity contribution in [1.82, 2.24) is 9.80 Å². The Morgan fingerprint density at radius 1 is 1.12 bits per heavy atom. The average molecular weight is 586 g/mol. The van der Waals surface area contributed by atoms with Gasteiger partial charge < -0.3 is 14.4 Å². The summed E-state index contributed by atoms with van der Waals surface area (Å²) in [6, 6.07) is 10.6. The first kappa shape index (κ1) is 25.1. The van der Waals surface area contributed by atoms with Crippen molar-refractivity contribution in [3.05, 3.63) is 66.9 Å². The average Bonchev–Trinajstić information content (AvgIpc) is 3.08. The van der Waals surface area contributed by atoms with E-state index in [0.717, 1.165) is 22.2 Å². The smallest absolute Gasteiger partial charge is 0.294 e. The lowest BCUT2D eigenvalue weighted by Crippen LogP contribution is -2.46. The van der Waals surface area contributed by atoms with E-state index in [-0.39, 0.29) is 17.4 Å². The summed E-state index contributed by atoms with van der Waals surface area (Å²) in [6.07, 6.45) is 1.62. The van der Waals surface area contributed by atoms with Gasteiger partial charge in [0.05, 0.1) is 32.6 Å². The second kappa shape index (κ2) is 11.1. The number of halogens is 3. The van der Waals surface area contributed by atoms with Gasteiger partial charge in [0.15, 0.2) is 0 Å². The van der Waals surface area contributed by atoms with E-state index >= 15 is 0 Å². The second-order valence-electron chi connectivity index (χ2n) is 7.49. The number of carbonyl (C=O) groups excluding carboxylic acids is 3. The highest BCUT2D eigenvalue weighted by Crippen LogP contribution is 2.34. The van der Waals surface area contributed by atoms with Crippen molar-refractivity contribution in [2.75, 3.05) is 32.8 Å². The topological polar surface area (TPSA) is 76.2 Å². The van der Waals surface area contributed by atoms with Gasteiger partial charge in [-0.2, -0.15) is 0 Å². The Morgan fingerprint density at radius 3 is 2.59 bits per heavy atom. The largest absolute Gasteiger partial charge is 0.488 e. The van der Waals surface area contributed by atoms with Crippen molar-refractivity contribution < 1.29 is 23.9 Å². The molecule has 2 saturated heterocycles. The zero-order valence-electron chi connectivity index (χ0n) is 17.8. The van der Waals surface area contributed by atoms with Crippen molar-refractivity contribution in [3.63, 3.8) is 0 Å². The number of rotatable bonds is 6. The van der Waals surface area contributed by atoms with Crippen LogP contribution in [0, 0.1) is 0 Å². The number of amides is 3. The van der Waals surface area contributed by atoms with Crippen LogP contribution in [0.25, 0.3) is 6.08 Å². The van der Waals surface area contributed by atoms with Crippen LogP contribution in [0.5, 0.6) is 5.75 Å². The highest BCUT2D eigenvalue weighted by atomic mass is 79.9. The molecule has 2 fully saturated rings. The maximum atomic E-state index is 12.8. The monoisotopic (exact) mass is 584 g/mol. The van der Waals surface area contributed by atoms with Gasteiger partial charge in [0.1, 0.15) is 18.9 Å². The summed E-state index contributed by atoms with van der Waals surface area (Å²) >= 11 is 16.3. The summed E-state index contributed by atoms with van der Waals surface area (Å²) in [7, 11) is 0. The van der Waals surface area contributed by atoms with Gasteiger partial charge in [-0.25, -0.2) is 0 Å². The van der Waals surface area contributed by atoms with Gasteiger partial charge in [0.25, 0.3) is 11.1 Å². The molecule has 2 aliphatic rings. The molecule has 0 radical (unpaired) electrons. The molecule has 0 atom stereocenters. The minimum Gasteiger partial charge on any atom is -0.488 e. The lowest BCUT2D eigenvalue weighted by Gasteiger charge is -2.28. The van der Waals surface area contributed by atoms with Gasteiger partial charge in [0.2, 0.25) is 5.91 Å². The molecular formula is C23H19BrCl2N2O5S. The van der Waals surface area contributed by atoms with Crippen LogP contribution in [0.2, 0.25) is 10.0 Å². The molecule has 3 amide bonds. The Hall–Kier alpha value is -2.04. The predicted molar refractivity (Wildman–Crippen MR) is 135 cm³/mol. The minimum atomic E-state index is -0.479. The summed E-state index contributed by atoms with van der Waals surface area (Å²) < 4.78 is 11.8. The van der Waals surface area contributed by atoms with Gasteiger partial charge in [0, 0.05) is 13.1 Å². The Bertz CT molecular complexity index is 1170. The van der Waals surface area contributed by atoms with Crippen LogP contribution in [0.3, 0.4) is 0 Å². The highest BCUT2D eigenvalue weighted by molar-refractivity contribution is 9.10. The van der Waals surface area contributed by atoms with E-state index < -0.39 is 11.1 Å². The van der Waals surface area contributed by atoms with E-state index in [1.54, 1.807) is 41.3 Å². The zero-order chi connectivity index (χ0) is 24.2. The number of benzene rings is 2. The molecule has 34 heavy (non-hydrogen) atoms. The van der Waals surface area contributed by atoms with Crippen LogP contribution < -0.4 is 4.74 Å². The number of imide groups is 1. The van der Waals surface area contributed by atoms with Crippen LogP contribution in [0.15, 0.2) is 45.8 Å². The van der Waals surface area contributed by atoms with Gasteiger partial charge in [-0.15, -0.1) is 0 Å². The third-order valence-corrected chi connectivity index (χ3v) is 7.43. The molecule has 2 aromatic rings. The summed E-state index contributed by atoms with van der Waals surface area (Å²) in [6.45, 7) is 1.85. The fraction of sp³-hybridized carbons (Fsp3) is 0.261. The first-order valence-corrected chi connectivity index (χ1v) is 12.7. The van der Waals surface area contributed by atoms with E-state index in [1.807, 2.05) is 6.07 Å². The first-order chi connectivity index (χ1) is 16.3. The minimum absolute atomic E-state index is 0.260. The quantitative estimate of drug-likeness (QED) is 0.432. The van der Waals surface area contributed by atoms with Crippen LogP contribution in [0.1, 0.15) is 11.1 Å². The second-order valence-corrected chi connectivity index (χ2v) is 10.1. The maximum absolute atomic E-state index is 12.8. The molecule has 0 aliphatic carbocycles. The van der Waals surface area contributed by atoms with Crippen LogP contribution >= 0.6 is 50.9 Å². The van der Waals surface area contributed by atoms with Crippen LogP contribution in [0.4, 0.5) is 4.79 Å². The number of nitrogens with zero attached hydrogens (tertiary/aromatic N) is 2. The lowest BCUT2D eigenvalue weighted by molar-refractivity contribution is -0.139. The molecule has 2 heterocycles. The number of morpholine rings is 1. The van der Waals surface area contributed by atoms with Crippen molar-refractivity contribution in [1.29, 1.82) is 0 Å². The molecule has 4 rings (SSSR count). The number of thioether (sulfide) groups is 1. The van der Waals surface area contributed by atoms with E-state index in [4.69, 9.17) is 32.7 Å². The van der Waals surface area contributed by atoms with E-state index in [2.05, 4.69) is 15.9 Å². The van der Waals surface area contributed by atoms with E-state index in [0.29, 0.717) is 58.7 Å². The van der Waals surface area contributed by atoms with Gasteiger partial charge >= 0.3 is 0 Å². The molecule has 2 aromatic carbocycles. The van der Waals surface area contributed by atoms with E-state index in [9.17, 15) is 14.4 Å². The molecule has 11 heteroatoms. The molecular weight excluding hydrogens is 567 g/mol. The number of hydrogen-bond donors (Lipinski definition) is 0. The Labute approximate surface area is 219 Å². The molecule has 0 aromatic heterocycles. The first-order valence-electron chi connectivity index (χ1n) is 10.3. The van der Waals surface area contributed by atoms with Crippen LogP contribution in [-0.2, 0) is 20.9 Å². The van der Waals surface area contributed by atoms with E-state index in [1.165, 1.54) is 0 Å². The van der Waals surface area contributed by atoms with Crippen LogP contribution in [-0.4, -0.2) is 59.7 Å². The Balaban J connectivity index is 1.40. The van der Waals surface area contributed by atoms with Crippen molar-refractivity contribution in [3.8, 4) is 5.75 Å².